The quantitative estimate of drug-likeness (QED) is 0.368. The number of nitro benzene ring substituents is 1. The van der Waals surface area contributed by atoms with Crippen molar-refractivity contribution in [3.63, 3.8) is 0 Å². The minimum atomic E-state index is -0.832. The smallest absolute Gasteiger partial charge is 0.407 e. The van der Waals surface area contributed by atoms with Gasteiger partial charge >= 0.3 is 6.09 Å². The molecule has 1 aromatic carbocycles. The van der Waals surface area contributed by atoms with Crippen molar-refractivity contribution in [2.24, 2.45) is 5.73 Å². The van der Waals surface area contributed by atoms with Crippen molar-refractivity contribution < 1.29 is 24.0 Å². The van der Waals surface area contributed by atoms with Crippen LogP contribution in [0.4, 0.5) is 10.5 Å². The Morgan fingerprint density at radius 3 is 2.64 bits per heavy atom. The van der Waals surface area contributed by atoms with E-state index in [1.54, 1.807) is 0 Å². The zero-order valence-corrected chi connectivity index (χ0v) is 14.5. The number of halogens is 1. The fourth-order valence-corrected chi connectivity index (χ4v) is 2.00. The van der Waals surface area contributed by atoms with E-state index < -0.39 is 22.6 Å². The molecule has 0 aliphatic carbocycles. The van der Waals surface area contributed by atoms with Crippen LogP contribution in [0.5, 0.6) is 5.75 Å². The number of amides is 2. The van der Waals surface area contributed by atoms with Gasteiger partial charge in [0.2, 0.25) is 5.91 Å². The summed E-state index contributed by atoms with van der Waals surface area (Å²) in [4.78, 5) is 32.8. The number of carbonyl (C=O) groups excluding carboxylic acids is 2. The lowest BCUT2D eigenvalue weighted by Crippen LogP contribution is -2.26. The maximum Gasteiger partial charge on any atom is 0.407 e. The van der Waals surface area contributed by atoms with Gasteiger partial charge in [0.15, 0.2) is 5.02 Å². The molecule has 0 saturated heterocycles. The van der Waals surface area contributed by atoms with E-state index in [4.69, 9.17) is 26.8 Å². The molecule has 10 heteroatoms. The van der Waals surface area contributed by atoms with Gasteiger partial charge in [0.25, 0.3) is 5.69 Å². The number of nitro groups is 1. The number of primary amides is 1. The standard InChI is InChI=1S/C15H20ClN3O6/c1-2-3-6-25-15(21)18-5-4-7-24-12-9-10(14(17)20)8-11(13(12)16)19(22)23/h8-9H,2-7H2,1H3,(H2,17,20)(H,18,21). The zero-order chi connectivity index (χ0) is 18.8. The van der Waals surface area contributed by atoms with Crippen LogP contribution in [0.25, 0.3) is 0 Å². The molecule has 0 radical (unpaired) electrons. The molecule has 2 amide bonds. The molecule has 0 aromatic heterocycles. The first kappa shape index (κ1) is 20.5. The van der Waals surface area contributed by atoms with Gasteiger partial charge in [0, 0.05) is 18.2 Å². The summed E-state index contributed by atoms with van der Waals surface area (Å²) in [7, 11) is 0. The Bertz CT molecular complexity index is 638. The van der Waals surface area contributed by atoms with E-state index in [0.29, 0.717) is 19.6 Å². The summed E-state index contributed by atoms with van der Waals surface area (Å²) in [6, 6.07) is 2.23. The third-order valence-corrected chi connectivity index (χ3v) is 3.46. The molecule has 9 nitrogen and oxygen atoms in total. The van der Waals surface area contributed by atoms with Crippen molar-refractivity contribution in [1.29, 1.82) is 0 Å². The summed E-state index contributed by atoms with van der Waals surface area (Å²) in [6.45, 7) is 2.76. The fraction of sp³-hybridized carbons (Fsp3) is 0.467. The van der Waals surface area contributed by atoms with Gasteiger partial charge in [-0.3, -0.25) is 14.9 Å². The van der Waals surface area contributed by atoms with Crippen molar-refractivity contribution in [1.82, 2.24) is 5.32 Å². The first-order valence-electron chi connectivity index (χ1n) is 7.68. The van der Waals surface area contributed by atoms with Crippen LogP contribution in [0, 0.1) is 10.1 Å². The molecule has 0 heterocycles. The first-order valence-corrected chi connectivity index (χ1v) is 8.05. The first-order chi connectivity index (χ1) is 11.9. The Morgan fingerprint density at radius 2 is 2.04 bits per heavy atom. The van der Waals surface area contributed by atoms with Crippen LogP contribution < -0.4 is 15.8 Å². The number of alkyl carbamates (subject to hydrolysis) is 1. The van der Waals surface area contributed by atoms with E-state index in [2.05, 4.69) is 5.32 Å². The van der Waals surface area contributed by atoms with Crippen molar-refractivity contribution >= 4 is 29.3 Å². The largest absolute Gasteiger partial charge is 0.492 e. The Morgan fingerprint density at radius 1 is 1.32 bits per heavy atom. The van der Waals surface area contributed by atoms with E-state index in [1.807, 2.05) is 6.92 Å². The van der Waals surface area contributed by atoms with Crippen molar-refractivity contribution in [3.05, 3.63) is 32.8 Å². The lowest BCUT2D eigenvalue weighted by Gasteiger charge is -2.10. The molecule has 3 N–H and O–H groups in total. The topological polar surface area (TPSA) is 134 Å². The minimum absolute atomic E-state index is 0.0183. The number of nitrogens with two attached hydrogens (primary N) is 1. The van der Waals surface area contributed by atoms with Crippen LogP contribution in [0.2, 0.25) is 5.02 Å². The zero-order valence-electron chi connectivity index (χ0n) is 13.7. The molecular formula is C15H20ClN3O6. The average molecular weight is 374 g/mol. The SMILES string of the molecule is CCCCOC(=O)NCCCOc1cc(C(N)=O)cc([N+](=O)[O-])c1Cl. The number of unbranched alkanes of at least 4 members (excludes halogenated alkanes) is 1. The van der Waals surface area contributed by atoms with Crippen molar-refractivity contribution in [3.8, 4) is 5.75 Å². The molecule has 0 fully saturated rings. The van der Waals surface area contributed by atoms with Crippen LogP contribution in [0.15, 0.2) is 12.1 Å². The third-order valence-electron chi connectivity index (χ3n) is 3.08. The summed E-state index contributed by atoms with van der Waals surface area (Å²) >= 11 is 5.91. The maximum absolute atomic E-state index is 11.3. The predicted octanol–water partition coefficient (Wildman–Crippen LogP) is 2.64. The molecule has 1 aromatic rings. The molecule has 0 aliphatic rings. The lowest BCUT2D eigenvalue weighted by molar-refractivity contribution is -0.384. The lowest BCUT2D eigenvalue weighted by atomic mass is 10.2. The number of hydrogen-bond acceptors (Lipinski definition) is 6. The summed E-state index contributed by atoms with van der Waals surface area (Å²) in [5.74, 6) is -0.851. The van der Waals surface area contributed by atoms with Gasteiger partial charge in [-0.15, -0.1) is 0 Å². The van der Waals surface area contributed by atoms with E-state index in [1.165, 1.54) is 6.07 Å². The fourth-order valence-electron chi connectivity index (χ4n) is 1.77. The highest BCUT2D eigenvalue weighted by atomic mass is 35.5. The number of benzene rings is 1. The highest BCUT2D eigenvalue weighted by molar-refractivity contribution is 6.34. The highest BCUT2D eigenvalue weighted by Gasteiger charge is 2.21. The molecule has 138 valence electrons. The summed E-state index contributed by atoms with van der Waals surface area (Å²) in [5, 5.41) is 13.3. The van der Waals surface area contributed by atoms with Crippen LogP contribution in [-0.2, 0) is 4.74 Å². The predicted molar refractivity (Wildman–Crippen MR) is 91.0 cm³/mol. The number of nitrogens with one attached hydrogen (secondary N) is 1. The van der Waals surface area contributed by atoms with Gasteiger partial charge in [0.1, 0.15) is 5.75 Å². The number of ether oxygens (including phenoxy) is 2. The monoisotopic (exact) mass is 373 g/mol. The van der Waals surface area contributed by atoms with Crippen LogP contribution in [0.3, 0.4) is 0 Å². The summed E-state index contributed by atoms with van der Waals surface area (Å²) < 4.78 is 10.3. The number of carbonyl (C=O) groups is 2. The summed E-state index contributed by atoms with van der Waals surface area (Å²) in [5.41, 5.74) is 4.59. The van der Waals surface area contributed by atoms with Gasteiger partial charge in [-0.1, -0.05) is 24.9 Å². The van der Waals surface area contributed by atoms with Gasteiger partial charge < -0.3 is 20.5 Å². The molecule has 1 rings (SSSR count). The van der Waals surface area contributed by atoms with Crippen LogP contribution in [-0.4, -0.2) is 36.7 Å². The molecule has 25 heavy (non-hydrogen) atoms. The second kappa shape index (κ2) is 10.3. The molecule has 0 saturated carbocycles. The Labute approximate surface area is 149 Å². The number of nitrogens with zero attached hydrogens (tertiary/aromatic N) is 1. The van der Waals surface area contributed by atoms with E-state index in [0.717, 1.165) is 18.9 Å². The second-order valence-electron chi connectivity index (χ2n) is 5.05. The molecular weight excluding hydrogens is 354 g/mol. The molecule has 0 unspecified atom stereocenters. The van der Waals surface area contributed by atoms with Gasteiger partial charge in [-0.2, -0.15) is 0 Å². The van der Waals surface area contributed by atoms with E-state index in [-0.39, 0.29) is 22.9 Å². The third kappa shape index (κ3) is 6.84. The summed E-state index contributed by atoms with van der Waals surface area (Å²) in [6.07, 6.45) is 1.62. The minimum Gasteiger partial charge on any atom is -0.492 e. The van der Waals surface area contributed by atoms with Gasteiger partial charge in [-0.05, 0) is 18.9 Å². The molecule has 0 atom stereocenters. The number of hydrogen-bond donors (Lipinski definition) is 2. The maximum atomic E-state index is 11.3. The Hall–Kier alpha value is -2.55. The van der Waals surface area contributed by atoms with E-state index in [9.17, 15) is 19.7 Å². The molecule has 0 aliphatic heterocycles. The van der Waals surface area contributed by atoms with Crippen molar-refractivity contribution in [2.45, 2.75) is 26.2 Å². The average Bonchev–Trinajstić information content (AvgIpc) is 2.55. The van der Waals surface area contributed by atoms with Crippen molar-refractivity contribution in [2.75, 3.05) is 19.8 Å². The van der Waals surface area contributed by atoms with Gasteiger partial charge in [-0.25, -0.2) is 4.79 Å². The van der Waals surface area contributed by atoms with E-state index >= 15 is 0 Å². The second-order valence-corrected chi connectivity index (χ2v) is 5.43. The number of rotatable bonds is 10. The highest BCUT2D eigenvalue weighted by Crippen LogP contribution is 2.35. The Kier molecular flexibility index (Phi) is 8.48. The molecule has 0 bridgehead atoms. The van der Waals surface area contributed by atoms with Gasteiger partial charge in [0.05, 0.1) is 18.1 Å². The Balaban J connectivity index is 2.53. The van der Waals surface area contributed by atoms with Crippen LogP contribution in [0.1, 0.15) is 36.5 Å². The van der Waals surface area contributed by atoms with Crippen LogP contribution >= 0.6 is 11.6 Å². The normalized spacial score (nSPS) is 10.2. The molecule has 0 spiro atoms.